The van der Waals surface area contributed by atoms with Crippen molar-refractivity contribution in [2.75, 3.05) is 0 Å². The Bertz CT molecular complexity index is 430. The Kier molecular flexibility index (Phi) is 5.36. The Morgan fingerprint density at radius 1 is 1.33 bits per heavy atom. The minimum Gasteiger partial charge on any atom is -0.366 e. The lowest BCUT2D eigenvalue weighted by Gasteiger charge is -2.11. The van der Waals surface area contributed by atoms with Crippen molar-refractivity contribution >= 4 is 11.8 Å². The van der Waals surface area contributed by atoms with Crippen LogP contribution in [-0.2, 0) is 11.2 Å². The highest BCUT2D eigenvalue weighted by Crippen LogP contribution is 2.10. The van der Waals surface area contributed by atoms with Crippen LogP contribution in [0.3, 0.4) is 0 Å². The number of rotatable bonds is 6. The maximum absolute atomic E-state index is 11.6. The third kappa shape index (κ3) is 4.20. The minimum atomic E-state index is -0.451. The van der Waals surface area contributed by atoms with Gasteiger partial charge < -0.3 is 11.1 Å². The van der Waals surface area contributed by atoms with Gasteiger partial charge in [0.05, 0.1) is 0 Å². The van der Waals surface area contributed by atoms with Gasteiger partial charge in [0.2, 0.25) is 11.8 Å². The molecule has 3 N–H and O–H groups in total. The van der Waals surface area contributed by atoms with E-state index in [4.69, 9.17) is 5.73 Å². The van der Waals surface area contributed by atoms with Crippen LogP contribution in [-0.4, -0.2) is 17.9 Å². The molecule has 0 aliphatic carbocycles. The van der Waals surface area contributed by atoms with Crippen LogP contribution in [0.5, 0.6) is 0 Å². The average molecular weight is 248 g/mol. The van der Waals surface area contributed by atoms with Crippen molar-refractivity contribution in [2.24, 2.45) is 5.73 Å². The van der Waals surface area contributed by atoms with Crippen LogP contribution >= 0.6 is 0 Å². The second kappa shape index (κ2) is 6.79. The molecular formula is C14H20N2O2. The number of amides is 2. The molecule has 0 spiro atoms. The number of carbonyl (C=O) groups is 2. The second-order valence-corrected chi connectivity index (χ2v) is 4.40. The third-order valence-corrected chi connectivity index (χ3v) is 2.92. The molecule has 0 unspecified atom stereocenters. The maximum Gasteiger partial charge on any atom is 0.248 e. The zero-order valence-electron chi connectivity index (χ0n) is 10.9. The van der Waals surface area contributed by atoms with Gasteiger partial charge >= 0.3 is 0 Å². The molecule has 0 saturated carbocycles. The van der Waals surface area contributed by atoms with Crippen molar-refractivity contribution in [3.8, 4) is 0 Å². The van der Waals surface area contributed by atoms with Gasteiger partial charge in [-0.05, 0) is 31.4 Å². The zero-order chi connectivity index (χ0) is 13.5. The summed E-state index contributed by atoms with van der Waals surface area (Å²) < 4.78 is 0. The zero-order valence-corrected chi connectivity index (χ0v) is 10.9. The molecule has 2 amide bonds. The molecule has 1 aromatic carbocycles. The summed E-state index contributed by atoms with van der Waals surface area (Å²) in [5, 5.41) is 2.89. The Labute approximate surface area is 108 Å². The van der Waals surface area contributed by atoms with Gasteiger partial charge in [-0.3, -0.25) is 9.59 Å². The van der Waals surface area contributed by atoms with Gasteiger partial charge in [0, 0.05) is 18.0 Å². The van der Waals surface area contributed by atoms with E-state index in [0.717, 1.165) is 12.0 Å². The Balaban J connectivity index is 2.58. The molecule has 0 aromatic heterocycles. The highest BCUT2D eigenvalue weighted by molar-refractivity contribution is 5.94. The molecule has 98 valence electrons. The molecular weight excluding hydrogens is 228 g/mol. The van der Waals surface area contributed by atoms with E-state index in [2.05, 4.69) is 5.32 Å². The van der Waals surface area contributed by atoms with E-state index in [0.29, 0.717) is 18.4 Å². The summed E-state index contributed by atoms with van der Waals surface area (Å²) in [7, 11) is 0. The predicted octanol–water partition coefficient (Wildman–Crippen LogP) is 1.63. The largest absolute Gasteiger partial charge is 0.366 e. The number of benzene rings is 1. The molecule has 0 bridgehead atoms. The summed E-state index contributed by atoms with van der Waals surface area (Å²) in [6.45, 7) is 3.99. The number of carbonyl (C=O) groups excluding carboxylic acids is 2. The number of nitrogens with two attached hydrogens (primary N) is 1. The first kappa shape index (κ1) is 14.2. The summed E-state index contributed by atoms with van der Waals surface area (Å²) in [6.07, 6.45) is 1.81. The van der Waals surface area contributed by atoms with Crippen LogP contribution in [0.15, 0.2) is 24.3 Å². The lowest BCUT2D eigenvalue weighted by molar-refractivity contribution is -0.121. The smallest absolute Gasteiger partial charge is 0.248 e. The van der Waals surface area contributed by atoms with Crippen LogP contribution in [0.4, 0.5) is 0 Å². The number of hydrogen-bond acceptors (Lipinski definition) is 2. The fraction of sp³-hybridized carbons (Fsp3) is 0.429. The summed E-state index contributed by atoms with van der Waals surface area (Å²) in [5.74, 6) is -0.448. The quantitative estimate of drug-likeness (QED) is 0.803. The molecule has 0 heterocycles. The van der Waals surface area contributed by atoms with Crippen LogP contribution in [0.2, 0.25) is 0 Å². The number of aryl methyl sites for hydroxylation is 1. The molecule has 1 rings (SSSR count). The molecule has 4 nitrogen and oxygen atoms in total. The standard InChI is InChI=1S/C14H20N2O2/c1-3-10(2)16-13(17)9-8-11-6-4-5-7-12(11)14(15)18/h4-7,10H,3,8-9H2,1-2H3,(H2,15,18)(H,16,17)/t10-/m1/s1. The number of hydrogen-bond donors (Lipinski definition) is 2. The van der Waals surface area contributed by atoms with Crippen LogP contribution < -0.4 is 11.1 Å². The molecule has 1 atom stereocenters. The van der Waals surface area contributed by atoms with E-state index in [9.17, 15) is 9.59 Å². The van der Waals surface area contributed by atoms with Crippen molar-refractivity contribution in [3.05, 3.63) is 35.4 Å². The van der Waals surface area contributed by atoms with Gasteiger partial charge in [-0.2, -0.15) is 0 Å². The van der Waals surface area contributed by atoms with E-state index < -0.39 is 5.91 Å². The second-order valence-electron chi connectivity index (χ2n) is 4.40. The van der Waals surface area contributed by atoms with E-state index in [1.807, 2.05) is 26.0 Å². The van der Waals surface area contributed by atoms with E-state index in [-0.39, 0.29) is 11.9 Å². The van der Waals surface area contributed by atoms with Crippen LogP contribution in [0, 0.1) is 0 Å². The Hall–Kier alpha value is -1.84. The molecule has 1 aromatic rings. The highest BCUT2D eigenvalue weighted by atomic mass is 16.2. The van der Waals surface area contributed by atoms with E-state index in [1.54, 1.807) is 12.1 Å². The third-order valence-electron chi connectivity index (χ3n) is 2.92. The first-order valence-electron chi connectivity index (χ1n) is 6.21. The van der Waals surface area contributed by atoms with Crippen molar-refractivity contribution in [1.82, 2.24) is 5.32 Å². The van der Waals surface area contributed by atoms with Crippen molar-refractivity contribution in [3.63, 3.8) is 0 Å². The van der Waals surface area contributed by atoms with Gasteiger partial charge in [-0.15, -0.1) is 0 Å². The minimum absolute atomic E-state index is 0.00336. The normalized spacial score (nSPS) is 11.9. The number of nitrogens with one attached hydrogen (secondary N) is 1. The Morgan fingerprint density at radius 3 is 2.61 bits per heavy atom. The molecule has 0 aliphatic rings. The molecule has 0 saturated heterocycles. The monoisotopic (exact) mass is 248 g/mol. The van der Waals surface area contributed by atoms with E-state index in [1.165, 1.54) is 0 Å². The van der Waals surface area contributed by atoms with Gasteiger partial charge in [0.25, 0.3) is 0 Å². The highest BCUT2D eigenvalue weighted by Gasteiger charge is 2.10. The first-order valence-corrected chi connectivity index (χ1v) is 6.21. The molecule has 18 heavy (non-hydrogen) atoms. The van der Waals surface area contributed by atoms with Gasteiger partial charge in [0.15, 0.2) is 0 Å². The predicted molar refractivity (Wildman–Crippen MR) is 71.2 cm³/mol. The first-order chi connectivity index (χ1) is 8.54. The fourth-order valence-corrected chi connectivity index (χ4v) is 1.68. The van der Waals surface area contributed by atoms with Crippen LogP contribution in [0.1, 0.15) is 42.6 Å². The van der Waals surface area contributed by atoms with Gasteiger partial charge in [-0.1, -0.05) is 25.1 Å². The van der Waals surface area contributed by atoms with E-state index >= 15 is 0 Å². The lowest BCUT2D eigenvalue weighted by atomic mass is 10.0. The van der Waals surface area contributed by atoms with Gasteiger partial charge in [0.1, 0.15) is 0 Å². The van der Waals surface area contributed by atoms with Gasteiger partial charge in [-0.25, -0.2) is 0 Å². The van der Waals surface area contributed by atoms with Crippen molar-refractivity contribution < 1.29 is 9.59 Å². The topological polar surface area (TPSA) is 72.2 Å². The van der Waals surface area contributed by atoms with Crippen molar-refractivity contribution in [1.29, 1.82) is 0 Å². The summed E-state index contributed by atoms with van der Waals surface area (Å²) in [6, 6.07) is 7.31. The maximum atomic E-state index is 11.6. The molecule has 0 radical (unpaired) electrons. The van der Waals surface area contributed by atoms with Crippen LogP contribution in [0.25, 0.3) is 0 Å². The SMILES string of the molecule is CC[C@@H](C)NC(=O)CCc1ccccc1C(N)=O. The molecule has 0 aliphatic heterocycles. The summed E-state index contributed by atoms with van der Waals surface area (Å²) in [4.78, 5) is 22.9. The number of primary amides is 1. The summed E-state index contributed by atoms with van der Waals surface area (Å²) in [5.41, 5.74) is 6.60. The Morgan fingerprint density at radius 2 is 2.00 bits per heavy atom. The molecule has 4 heteroatoms. The summed E-state index contributed by atoms with van der Waals surface area (Å²) >= 11 is 0. The fourth-order valence-electron chi connectivity index (χ4n) is 1.68. The lowest BCUT2D eigenvalue weighted by Crippen LogP contribution is -2.32. The molecule has 0 fully saturated rings. The van der Waals surface area contributed by atoms with Crippen molar-refractivity contribution in [2.45, 2.75) is 39.2 Å². The average Bonchev–Trinajstić information content (AvgIpc) is 2.36.